The number of hydrogen-bond acceptors (Lipinski definition) is 4. The minimum atomic E-state index is -0.121. The summed E-state index contributed by atoms with van der Waals surface area (Å²) < 4.78 is 16.8. The molecule has 0 bridgehead atoms. The fourth-order valence-corrected chi connectivity index (χ4v) is 2.32. The van der Waals surface area contributed by atoms with Crippen molar-refractivity contribution in [1.29, 1.82) is 0 Å². The maximum atomic E-state index is 12.6. The van der Waals surface area contributed by atoms with Gasteiger partial charge in [-0.2, -0.15) is 0 Å². The number of methoxy groups -OCH3 is 3. The lowest BCUT2D eigenvalue weighted by molar-refractivity contribution is 0.103. The number of carbonyl (C=O) groups excluding carboxylic acids is 1. The minimum absolute atomic E-state index is 0.121. The molecule has 4 nitrogen and oxygen atoms in total. The van der Waals surface area contributed by atoms with E-state index in [1.165, 1.54) is 21.3 Å². The maximum absolute atomic E-state index is 12.6. The highest BCUT2D eigenvalue weighted by Crippen LogP contribution is 2.35. The zero-order valence-corrected chi connectivity index (χ0v) is 14.1. The van der Waals surface area contributed by atoms with Gasteiger partial charge in [-0.25, -0.2) is 0 Å². The summed E-state index contributed by atoms with van der Waals surface area (Å²) >= 11 is 2.20. The van der Waals surface area contributed by atoms with E-state index in [0.717, 1.165) is 3.57 Å². The minimum Gasteiger partial charge on any atom is -0.496 e. The predicted molar refractivity (Wildman–Crippen MR) is 88.7 cm³/mol. The summed E-state index contributed by atoms with van der Waals surface area (Å²) in [5.74, 6) is 1.35. The summed E-state index contributed by atoms with van der Waals surface area (Å²) in [4.78, 5) is 12.6. The first-order valence-electron chi connectivity index (χ1n) is 6.21. The van der Waals surface area contributed by atoms with Crippen molar-refractivity contribution in [1.82, 2.24) is 0 Å². The van der Waals surface area contributed by atoms with Crippen molar-refractivity contribution in [2.75, 3.05) is 21.3 Å². The van der Waals surface area contributed by atoms with Gasteiger partial charge in [0, 0.05) is 15.2 Å². The molecule has 0 fully saturated rings. The highest BCUT2D eigenvalue weighted by Gasteiger charge is 2.18. The molecule has 0 aliphatic rings. The fourth-order valence-electron chi connectivity index (χ4n) is 1.96. The Kier molecular flexibility index (Phi) is 5.06. The molecule has 2 rings (SSSR count). The summed E-state index contributed by atoms with van der Waals surface area (Å²) in [6, 6.07) is 10.7. The third-order valence-corrected chi connectivity index (χ3v) is 3.78. The molecule has 0 aliphatic heterocycles. The van der Waals surface area contributed by atoms with Crippen LogP contribution in [0.1, 0.15) is 15.9 Å². The van der Waals surface area contributed by atoms with Crippen LogP contribution in [0.25, 0.3) is 0 Å². The van der Waals surface area contributed by atoms with Crippen molar-refractivity contribution in [3.05, 3.63) is 51.1 Å². The van der Waals surface area contributed by atoms with E-state index in [1.807, 2.05) is 12.1 Å². The number of carbonyl (C=O) groups is 1. The van der Waals surface area contributed by atoms with Crippen LogP contribution in [-0.4, -0.2) is 27.1 Å². The van der Waals surface area contributed by atoms with Crippen molar-refractivity contribution >= 4 is 28.4 Å². The normalized spacial score (nSPS) is 10.1. The summed E-state index contributed by atoms with van der Waals surface area (Å²) in [5, 5.41) is 0. The van der Waals surface area contributed by atoms with Crippen molar-refractivity contribution in [2.45, 2.75) is 0 Å². The average molecular weight is 398 g/mol. The fraction of sp³-hybridized carbons (Fsp3) is 0.188. The van der Waals surface area contributed by atoms with Gasteiger partial charge in [-0.05, 0) is 52.9 Å². The molecule has 0 radical (unpaired) electrons. The van der Waals surface area contributed by atoms with Crippen molar-refractivity contribution < 1.29 is 19.0 Å². The Balaban J connectivity index is 2.51. The Morgan fingerprint density at radius 2 is 1.38 bits per heavy atom. The van der Waals surface area contributed by atoms with Crippen LogP contribution in [0.5, 0.6) is 17.2 Å². The molecular weight excluding hydrogens is 383 g/mol. The molecule has 0 aromatic heterocycles. The van der Waals surface area contributed by atoms with Gasteiger partial charge >= 0.3 is 0 Å². The molecule has 5 heteroatoms. The summed E-state index contributed by atoms with van der Waals surface area (Å²) in [7, 11) is 4.59. The molecule has 0 unspecified atom stereocenters. The second-order valence-electron chi connectivity index (χ2n) is 4.24. The zero-order valence-electron chi connectivity index (χ0n) is 12.0. The lowest BCUT2D eigenvalue weighted by Crippen LogP contribution is -2.05. The van der Waals surface area contributed by atoms with Crippen molar-refractivity contribution in [3.63, 3.8) is 0 Å². The van der Waals surface area contributed by atoms with Crippen molar-refractivity contribution in [3.8, 4) is 17.2 Å². The molecular formula is C16H15IO4. The second kappa shape index (κ2) is 6.80. The van der Waals surface area contributed by atoms with Crippen LogP contribution >= 0.6 is 22.6 Å². The van der Waals surface area contributed by atoms with E-state index in [4.69, 9.17) is 14.2 Å². The van der Waals surface area contributed by atoms with Crippen LogP contribution in [0.2, 0.25) is 0 Å². The number of hydrogen-bond donors (Lipinski definition) is 0. The van der Waals surface area contributed by atoms with E-state index < -0.39 is 0 Å². The average Bonchev–Trinajstić information content (AvgIpc) is 2.53. The molecule has 0 saturated carbocycles. The SMILES string of the molecule is COc1cc(OC)c(C(=O)c2ccc(I)cc2)cc1OC. The number of benzene rings is 2. The van der Waals surface area contributed by atoms with Crippen LogP contribution in [0.3, 0.4) is 0 Å². The quantitative estimate of drug-likeness (QED) is 0.571. The van der Waals surface area contributed by atoms with Gasteiger partial charge in [0.05, 0.1) is 26.9 Å². The molecule has 0 atom stereocenters. The smallest absolute Gasteiger partial charge is 0.196 e. The van der Waals surface area contributed by atoms with E-state index in [1.54, 1.807) is 24.3 Å². The standard InChI is InChI=1S/C16H15IO4/c1-19-13-9-15(21-3)14(20-2)8-12(13)16(18)10-4-6-11(17)7-5-10/h4-9H,1-3H3. The molecule has 0 aliphatic carbocycles. The summed E-state index contributed by atoms with van der Waals surface area (Å²) in [6.45, 7) is 0. The predicted octanol–water partition coefficient (Wildman–Crippen LogP) is 3.55. The van der Waals surface area contributed by atoms with Crippen LogP contribution < -0.4 is 14.2 Å². The highest BCUT2D eigenvalue weighted by molar-refractivity contribution is 14.1. The lowest BCUT2D eigenvalue weighted by Gasteiger charge is -2.13. The van der Waals surface area contributed by atoms with Gasteiger partial charge in [0.1, 0.15) is 5.75 Å². The van der Waals surface area contributed by atoms with Gasteiger partial charge < -0.3 is 14.2 Å². The summed E-state index contributed by atoms with van der Waals surface area (Å²) in [5.41, 5.74) is 1.04. The Morgan fingerprint density at radius 3 is 1.90 bits per heavy atom. The molecule has 0 heterocycles. The number of halogens is 1. The third kappa shape index (κ3) is 3.29. The Labute approximate surface area is 137 Å². The lowest BCUT2D eigenvalue weighted by atomic mass is 10.0. The molecule has 0 saturated heterocycles. The van der Waals surface area contributed by atoms with Gasteiger partial charge in [0.2, 0.25) is 0 Å². The van der Waals surface area contributed by atoms with E-state index in [0.29, 0.717) is 28.4 Å². The van der Waals surface area contributed by atoms with Gasteiger partial charge in [-0.15, -0.1) is 0 Å². The van der Waals surface area contributed by atoms with E-state index in [-0.39, 0.29) is 5.78 Å². The topological polar surface area (TPSA) is 44.8 Å². The van der Waals surface area contributed by atoms with E-state index >= 15 is 0 Å². The van der Waals surface area contributed by atoms with Gasteiger partial charge in [0.15, 0.2) is 17.3 Å². The molecule has 0 amide bonds. The highest BCUT2D eigenvalue weighted by atomic mass is 127. The number of rotatable bonds is 5. The van der Waals surface area contributed by atoms with Crippen LogP contribution in [0.15, 0.2) is 36.4 Å². The Bertz CT molecular complexity index is 650. The van der Waals surface area contributed by atoms with Gasteiger partial charge in [0.25, 0.3) is 0 Å². The summed E-state index contributed by atoms with van der Waals surface area (Å²) in [6.07, 6.45) is 0. The third-order valence-electron chi connectivity index (χ3n) is 3.06. The Hall–Kier alpha value is -1.76. The molecule has 0 N–H and O–H groups in total. The molecule has 0 spiro atoms. The van der Waals surface area contributed by atoms with Gasteiger partial charge in [-0.1, -0.05) is 0 Å². The van der Waals surface area contributed by atoms with Gasteiger partial charge in [-0.3, -0.25) is 4.79 Å². The molecule has 2 aromatic carbocycles. The van der Waals surface area contributed by atoms with Crippen molar-refractivity contribution in [2.24, 2.45) is 0 Å². The second-order valence-corrected chi connectivity index (χ2v) is 5.49. The number of ketones is 1. The maximum Gasteiger partial charge on any atom is 0.196 e. The van der Waals surface area contributed by atoms with Crippen LogP contribution in [0, 0.1) is 3.57 Å². The van der Waals surface area contributed by atoms with E-state index in [9.17, 15) is 4.79 Å². The first kappa shape index (κ1) is 15.6. The molecule has 2 aromatic rings. The number of ether oxygens (including phenoxy) is 3. The van der Waals surface area contributed by atoms with Crippen LogP contribution in [0.4, 0.5) is 0 Å². The molecule has 110 valence electrons. The van der Waals surface area contributed by atoms with Crippen LogP contribution in [-0.2, 0) is 0 Å². The largest absolute Gasteiger partial charge is 0.496 e. The molecule has 21 heavy (non-hydrogen) atoms. The van der Waals surface area contributed by atoms with E-state index in [2.05, 4.69) is 22.6 Å². The Morgan fingerprint density at radius 1 is 0.857 bits per heavy atom. The zero-order chi connectivity index (χ0) is 15.4. The monoisotopic (exact) mass is 398 g/mol. The first-order chi connectivity index (χ1) is 10.1. The first-order valence-corrected chi connectivity index (χ1v) is 7.29.